The van der Waals surface area contributed by atoms with E-state index in [2.05, 4.69) is 42.2 Å². The minimum atomic E-state index is -1.67. The van der Waals surface area contributed by atoms with Crippen molar-refractivity contribution in [3.05, 3.63) is 65.7 Å². The predicted octanol–water partition coefficient (Wildman–Crippen LogP) is -0.699. The van der Waals surface area contributed by atoms with Gasteiger partial charge in [0.25, 0.3) is 0 Å². The number of hydrogen-bond acceptors (Lipinski definition) is 14. The molecule has 2 saturated heterocycles. The van der Waals surface area contributed by atoms with E-state index in [-0.39, 0.29) is 63.3 Å². The average molecular weight is 1120 g/mol. The van der Waals surface area contributed by atoms with Crippen LogP contribution in [0.15, 0.2) is 59.6 Å². The number of hydrogen-bond donors (Lipinski definition) is 11. The van der Waals surface area contributed by atoms with E-state index in [9.17, 15) is 47.9 Å². The van der Waals surface area contributed by atoms with Crippen molar-refractivity contribution in [2.45, 2.75) is 146 Å². The molecule has 0 saturated carbocycles. The summed E-state index contributed by atoms with van der Waals surface area (Å²) in [6.45, 7) is 9.02. The van der Waals surface area contributed by atoms with E-state index in [4.69, 9.17) is 27.7 Å². The second-order valence-electron chi connectivity index (χ2n) is 19.5. The summed E-state index contributed by atoms with van der Waals surface area (Å²) >= 11 is 0. The standard InChI is InChI=1S/C52H77N13O11S2/c1-6-52(7-2)27-42(68)59-35(25-32-18-20-33(21-19-32)76-8-3)45(70)61-36(24-31-14-10-9-11-15-31)47(72)64-43(30(4)5)49(74)62-37(26-40(53)66)46(71)63-38(29-77-78-52)50(75)65-23-13-17-39(65)48(73)60-34(16-12-22-57-51(55)56)44(69)58-28-41(54)67/h9-11,14-15,18-21,30,34-39,43H,6-8,12-13,16-17,22-29H2,1-5H3,(H2,53,66)(H2,54,67)(H,58,69)(H,59,68)(H,60,73)(H,61,70)(H,62,74)(H,63,71)(H,64,72)(H4,55,56,57)/t34-,35-,36-,37-,38-,39-,43-/m0/s1. The van der Waals surface area contributed by atoms with Crippen LogP contribution in [-0.4, -0.2) is 149 Å². The van der Waals surface area contributed by atoms with Gasteiger partial charge in [0.05, 0.1) is 19.6 Å². The molecule has 2 aromatic rings. The van der Waals surface area contributed by atoms with Gasteiger partial charge in [-0.05, 0) is 74.6 Å². The van der Waals surface area contributed by atoms with Crippen LogP contribution in [0.5, 0.6) is 5.75 Å². The van der Waals surface area contributed by atoms with E-state index < -0.39 is 125 Å². The highest BCUT2D eigenvalue weighted by Crippen LogP contribution is 2.44. The number of carbonyl (C=O) groups is 10. The zero-order chi connectivity index (χ0) is 57.5. The molecule has 0 bridgehead atoms. The highest BCUT2D eigenvalue weighted by atomic mass is 33.1. The Morgan fingerprint density at radius 1 is 0.782 bits per heavy atom. The summed E-state index contributed by atoms with van der Waals surface area (Å²) in [5.41, 5.74) is 23.1. The van der Waals surface area contributed by atoms with Gasteiger partial charge in [0.1, 0.15) is 48.0 Å². The predicted molar refractivity (Wildman–Crippen MR) is 297 cm³/mol. The highest BCUT2D eigenvalue weighted by molar-refractivity contribution is 8.77. The third kappa shape index (κ3) is 20.0. The van der Waals surface area contributed by atoms with E-state index in [1.165, 1.54) is 26.5 Å². The number of ether oxygens (including phenoxy) is 1. The Bertz CT molecular complexity index is 2440. The third-order valence-electron chi connectivity index (χ3n) is 13.2. The van der Waals surface area contributed by atoms with E-state index in [0.717, 1.165) is 0 Å². The fraction of sp³-hybridized carbons (Fsp3) is 0.558. The number of guanidine groups is 1. The second-order valence-corrected chi connectivity index (χ2v) is 22.3. The Hall–Kier alpha value is -7.09. The molecule has 2 fully saturated rings. The maximum Gasteiger partial charge on any atom is 0.246 e. The van der Waals surface area contributed by atoms with Gasteiger partial charge in [0.15, 0.2) is 5.96 Å². The molecule has 0 aliphatic carbocycles. The molecule has 24 nitrogen and oxygen atoms in total. The molecule has 2 aliphatic rings. The molecule has 0 aromatic heterocycles. The maximum absolute atomic E-state index is 14.9. The number of rotatable bonds is 21. The first kappa shape index (κ1) is 63.4. The lowest BCUT2D eigenvalue weighted by molar-refractivity contribution is -0.142. The number of primary amides is 2. The number of nitrogens with one attached hydrogen (secondary N) is 7. The van der Waals surface area contributed by atoms with E-state index >= 15 is 0 Å². The Morgan fingerprint density at radius 2 is 1.40 bits per heavy atom. The smallest absolute Gasteiger partial charge is 0.246 e. The number of amides is 10. The molecule has 10 amide bonds. The van der Waals surface area contributed by atoms with Gasteiger partial charge in [-0.15, -0.1) is 0 Å². The van der Waals surface area contributed by atoms with Crippen molar-refractivity contribution in [2.24, 2.45) is 33.8 Å². The molecule has 428 valence electrons. The van der Waals surface area contributed by atoms with Crippen molar-refractivity contribution >= 4 is 86.6 Å². The molecule has 26 heteroatoms. The lowest BCUT2D eigenvalue weighted by atomic mass is 9.96. The fourth-order valence-corrected chi connectivity index (χ4v) is 12.2. The van der Waals surface area contributed by atoms with Gasteiger partial charge in [-0.2, -0.15) is 0 Å². The molecule has 0 unspecified atom stereocenters. The molecule has 2 heterocycles. The van der Waals surface area contributed by atoms with E-state index in [0.29, 0.717) is 42.7 Å². The van der Waals surface area contributed by atoms with Crippen LogP contribution in [0.3, 0.4) is 0 Å². The first-order valence-electron chi connectivity index (χ1n) is 26.2. The van der Waals surface area contributed by atoms with Crippen LogP contribution in [0.4, 0.5) is 0 Å². The lowest BCUT2D eigenvalue weighted by Gasteiger charge is -2.33. The zero-order valence-corrected chi connectivity index (χ0v) is 46.6. The van der Waals surface area contributed by atoms with Crippen molar-refractivity contribution < 1.29 is 52.7 Å². The van der Waals surface area contributed by atoms with E-state index in [1.807, 2.05) is 20.8 Å². The number of nitrogens with two attached hydrogens (primary N) is 4. The monoisotopic (exact) mass is 1120 g/mol. The summed E-state index contributed by atoms with van der Waals surface area (Å²) in [5, 5.41) is 18.9. The van der Waals surface area contributed by atoms with Crippen LogP contribution in [0, 0.1) is 5.92 Å². The summed E-state index contributed by atoms with van der Waals surface area (Å²) in [6.07, 6.45) is 0.857. The number of carbonyl (C=O) groups excluding carboxylic acids is 10. The Kier molecular flexibility index (Phi) is 25.5. The van der Waals surface area contributed by atoms with Gasteiger partial charge < -0.3 is 69.8 Å². The Morgan fingerprint density at radius 3 is 2.00 bits per heavy atom. The fourth-order valence-electron chi connectivity index (χ4n) is 8.83. The SMILES string of the molecule is CCOc1ccc(C[C@@H]2NC(=O)CC(CC)(CC)SSC[C@@H](C(=O)N3CCC[C@H]3C(=O)N[C@@H](CCCN=C(N)N)C(=O)NCC(N)=O)NC(=O)[C@H](CC(N)=O)NC(=O)[C@H](C(C)C)NC(=O)[C@H](Cc3ccccc3)NC2=O)cc1. The third-order valence-corrected chi connectivity index (χ3v) is 16.7. The van der Waals surface area contributed by atoms with Crippen LogP contribution >= 0.6 is 21.6 Å². The van der Waals surface area contributed by atoms with Crippen LogP contribution < -0.4 is 64.9 Å². The van der Waals surface area contributed by atoms with Crippen LogP contribution in [0.25, 0.3) is 0 Å². The van der Waals surface area contributed by atoms with Gasteiger partial charge >= 0.3 is 0 Å². The first-order valence-corrected chi connectivity index (χ1v) is 28.5. The maximum atomic E-state index is 14.9. The molecule has 78 heavy (non-hydrogen) atoms. The van der Waals surface area contributed by atoms with Crippen molar-refractivity contribution in [2.75, 3.05) is 32.0 Å². The first-order chi connectivity index (χ1) is 37.1. The second kappa shape index (κ2) is 31.3. The average Bonchev–Trinajstić information content (AvgIpc) is 3.90. The molecule has 2 aromatic carbocycles. The summed E-state index contributed by atoms with van der Waals surface area (Å²) < 4.78 is 4.81. The van der Waals surface area contributed by atoms with Crippen LogP contribution in [-0.2, 0) is 60.8 Å². The topological polar surface area (TPSA) is 384 Å². The molecular weight excluding hydrogens is 1050 g/mol. The molecule has 15 N–H and O–H groups in total. The van der Waals surface area contributed by atoms with Crippen molar-refractivity contribution in [3.8, 4) is 5.75 Å². The van der Waals surface area contributed by atoms with Gasteiger partial charge in [0.2, 0.25) is 59.1 Å². The number of benzene rings is 2. The molecular formula is C52H77N13O11S2. The van der Waals surface area contributed by atoms with Crippen LogP contribution in [0.2, 0.25) is 0 Å². The molecule has 0 spiro atoms. The molecule has 7 atom stereocenters. The summed E-state index contributed by atoms with van der Waals surface area (Å²) in [6, 6.07) is 6.66. The summed E-state index contributed by atoms with van der Waals surface area (Å²) in [5.74, 6) is -8.06. The van der Waals surface area contributed by atoms with Crippen molar-refractivity contribution in [1.82, 2.24) is 42.1 Å². The Labute approximate surface area is 462 Å². The van der Waals surface area contributed by atoms with Crippen molar-refractivity contribution in [1.29, 1.82) is 0 Å². The van der Waals surface area contributed by atoms with Gasteiger partial charge in [-0.1, -0.05) is 91.7 Å². The lowest BCUT2D eigenvalue weighted by Crippen LogP contribution is -2.61. The molecule has 2 aliphatic heterocycles. The van der Waals surface area contributed by atoms with Crippen molar-refractivity contribution in [3.63, 3.8) is 0 Å². The quantitative estimate of drug-likeness (QED) is 0.0319. The molecule has 4 rings (SSSR count). The molecule has 0 radical (unpaired) electrons. The normalized spacial score (nSPS) is 22.0. The number of aliphatic imine (C=N–C) groups is 1. The zero-order valence-electron chi connectivity index (χ0n) is 44.9. The van der Waals surface area contributed by atoms with Gasteiger partial charge in [-0.3, -0.25) is 52.9 Å². The summed E-state index contributed by atoms with van der Waals surface area (Å²) in [4.78, 5) is 144. The number of likely N-dealkylation sites (tertiary alicyclic amines) is 1. The minimum absolute atomic E-state index is 0.0214. The van der Waals surface area contributed by atoms with E-state index in [1.54, 1.807) is 68.4 Å². The van der Waals surface area contributed by atoms with Gasteiger partial charge in [-0.25, -0.2) is 0 Å². The summed E-state index contributed by atoms with van der Waals surface area (Å²) in [7, 11) is 2.46. The number of nitrogens with zero attached hydrogens (tertiary/aromatic N) is 2. The van der Waals surface area contributed by atoms with Gasteiger partial charge in [0, 0.05) is 42.9 Å². The highest BCUT2D eigenvalue weighted by Gasteiger charge is 2.42. The van der Waals surface area contributed by atoms with Crippen LogP contribution in [0.1, 0.15) is 97.1 Å². The largest absolute Gasteiger partial charge is 0.494 e. The minimum Gasteiger partial charge on any atom is -0.494 e. The Balaban J connectivity index is 1.76.